The van der Waals surface area contributed by atoms with Gasteiger partial charge in [0.25, 0.3) is 0 Å². The molecule has 0 saturated carbocycles. The molecule has 0 unspecified atom stereocenters. The van der Waals surface area contributed by atoms with Gasteiger partial charge in [-0.25, -0.2) is 9.78 Å². The highest BCUT2D eigenvalue weighted by Gasteiger charge is 2.19. The number of fused-ring (bicyclic) bond motifs is 1. The van der Waals surface area contributed by atoms with E-state index in [-0.39, 0.29) is 12.4 Å². The van der Waals surface area contributed by atoms with Crippen LogP contribution < -0.4 is 0 Å². The lowest BCUT2D eigenvalue weighted by Crippen LogP contribution is -2.15. The number of esters is 1. The van der Waals surface area contributed by atoms with Gasteiger partial charge in [-0.1, -0.05) is 34.1 Å². The summed E-state index contributed by atoms with van der Waals surface area (Å²) in [6, 6.07) is 14.9. The molecule has 0 N–H and O–H groups in total. The van der Waals surface area contributed by atoms with Crippen LogP contribution in [-0.4, -0.2) is 23.3 Å². The van der Waals surface area contributed by atoms with Crippen LogP contribution in [0.5, 0.6) is 0 Å². The summed E-state index contributed by atoms with van der Waals surface area (Å²) in [6.07, 6.45) is 0. The van der Waals surface area contributed by atoms with Crippen LogP contribution in [0.4, 0.5) is 0 Å². The predicted molar refractivity (Wildman–Crippen MR) is 128 cm³/mol. The molecule has 4 nitrogen and oxygen atoms in total. The van der Waals surface area contributed by atoms with Gasteiger partial charge in [0, 0.05) is 15.4 Å². The van der Waals surface area contributed by atoms with E-state index in [2.05, 4.69) is 15.9 Å². The van der Waals surface area contributed by atoms with E-state index in [9.17, 15) is 9.59 Å². The molecule has 0 fully saturated rings. The fraction of sp³-hybridized carbons (Fsp3) is 0.160. The van der Waals surface area contributed by atoms with Gasteiger partial charge in [0.05, 0.1) is 21.7 Å². The maximum Gasteiger partial charge on any atom is 0.339 e. The van der Waals surface area contributed by atoms with Crippen LogP contribution >= 0.6 is 27.3 Å². The molecule has 156 valence electrons. The van der Waals surface area contributed by atoms with Crippen LogP contribution in [0.25, 0.3) is 21.5 Å². The summed E-state index contributed by atoms with van der Waals surface area (Å²) in [5.41, 5.74) is 5.46. The zero-order valence-electron chi connectivity index (χ0n) is 17.4. The van der Waals surface area contributed by atoms with E-state index in [1.807, 2.05) is 62.5 Å². The Morgan fingerprint density at radius 1 is 1.00 bits per heavy atom. The topological polar surface area (TPSA) is 56.3 Å². The second-order valence-electron chi connectivity index (χ2n) is 7.45. The average molecular weight is 494 g/mol. The summed E-state index contributed by atoms with van der Waals surface area (Å²) in [7, 11) is 0. The first kappa shape index (κ1) is 21.4. The molecular formula is C25H20BrNO3S. The molecule has 0 radical (unpaired) electrons. The van der Waals surface area contributed by atoms with Crippen molar-refractivity contribution in [3.63, 3.8) is 0 Å². The maximum absolute atomic E-state index is 13.0. The van der Waals surface area contributed by atoms with Gasteiger partial charge in [0.2, 0.25) is 0 Å². The number of carbonyl (C=O) groups excluding carboxylic acids is 2. The van der Waals surface area contributed by atoms with Crippen LogP contribution in [0.3, 0.4) is 0 Å². The van der Waals surface area contributed by atoms with Gasteiger partial charge in [-0.2, -0.15) is 0 Å². The molecule has 0 bridgehead atoms. The monoisotopic (exact) mass is 493 g/mol. The first-order valence-electron chi connectivity index (χ1n) is 9.76. The van der Waals surface area contributed by atoms with Gasteiger partial charge in [0.15, 0.2) is 12.4 Å². The van der Waals surface area contributed by atoms with Crippen LogP contribution in [0.15, 0.2) is 58.4 Å². The number of hydrogen-bond donors (Lipinski definition) is 0. The summed E-state index contributed by atoms with van der Waals surface area (Å²) >= 11 is 5.05. The number of thiophene rings is 1. The van der Waals surface area contributed by atoms with Crippen molar-refractivity contribution in [3.05, 3.63) is 86.2 Å². The molecular weight excluding hydrogens is 474 g/mol. The molecule has 2 aromatic carbocycles. The third kappa shape index (κ3) is 4.45. The van der Waals surface area contributed by atoms with Crippen molar-refractivity contribution in [3.8, 4) is 10.6 Å². The van der Waals surface area contributed by atoms with Crippen molar-refractivity contribution in [1.82, 2.24) is 4.98 Å². The zero-order chi connectivity index (χ0) is 22.1. The standard InChI is InChI=1S/C25H20BrNO3S/c1-14-6-7-17(9-15(14)2)22(28)13-30-25(29)20-12-21(23-5-4-8-31-23)27-24-16(3)10-18(26)11-19(20)24/h4-12H,13H2,1-3H3. The van der Waals surface area contributed by atoms with E-state index in [1.165, 1.54) is 0 Å². The van der Waals surface area contributed by atoms with Gasteiger partial charge in [0.1, 0.15) is 0 Å². The third-order valence-electron chi connectivity index (χ3n) is 5.23. The molecule has 4 aromatic rings. The first-order valence-corrected chi connectivity index (χ1v) is 11.4. The summed E-state index contributed by atoms with van der Waals surface area (Å²) < 4.78 is 6.30. The number of rotatable bonds is 5. The van der Waals surface area contributed by atoms with Crippen molar-refractivity contribution in [1.29, 1.82) is 0 Å². The average Bonchev–Trinajstić information content (AvgIpc) is 3.28. The summed E-state index contributed by atoms with van der Waals surface area (Å²) in [5, 5.41) is 2.66. The maximum atomic E-state index is 13.0. The van der Waals surface area contributed by atoms with Crippen molar-refractivity contribution >= 4 is 49.9 Å². The van der Waals surface area contributed by atoms with E-state index < -0.39 is 5.97 Å². The molecule has 6 heteroatoms. The van der Waals surface area contributed by atoms with E-state index in [0.29, 0.717) is 22.2 Å². The Labute approximate surface area is 193 Å². The highest BCUT2D eigenvalue weighted by molar-refractivity contribution is 9.10. The van der Waals surface area contributed by atoms with Crippen LogP contribution in [0.2, 0.25) is 0 Å². The number of ketones is 1. The SMILES string of the molecule is Cc1ccc(C(=O)COC(=O)c2cc(-c3cccs3)nc3c(C)cc(Br)cc23)cc1C. The van der Waals surface area contributed by atoms with E-state index in [4.69, 9.17) is 9.72 Å². The van der Waals surface area contributed by atoms with Gasteiger partial charge >= 0.3 is 5.97 Å². The van der Waals surface area contributed by atoms with E-state index in [0.717, 1.165) is 31.6 Å². The lowest BCUT2D eigenvalue weighted by molar-refractivity contribution is 0.0476. The Morgan fingerprint density at radius 2 is 1.81 bits per heavy atom. The molecule has 0 aliphatic carbocycles. The van der Waals surface area contributed by atoms with Gasteiger partial charge in [-0.3, -0.25) is 4.79 Å². The van der Waals surface area contributed by atoms with Crippen molar-refractivity contribution in [2.24, 2.45) is 0 Å². The zero-order valence-corrected chi connectivity index (χ0v) is 19.8. The predicted octanol–water partition coefficient (Wildman–Crippen LogP) is 6.69. The molecule has 2 heterocycles. The lowest BCUT2D eigenvalue weighted by atomic mass is 10.0. The van der Waals surface area contributed by atoms with E-state index in [1.54, 1.807) is 23.5 Å². The van der Waals surface area contributed by atoms with Crippen LogP contribution in [0, 0.1) is 20.8 Å². The Kier molecular flexibility index (Phi) is 6.03. The molecule has 0 amide bonds. The number of nitrogens with zero attached hydrogens (tertiary/aromatic N) is 1. The van der Waals surface area contributed by atoms with Crippen LogP contribution in [-0.2, 0) is 4.74 Å². The summed E-state index contributed by atoms with van der Waals surface area (Å²) in [5.74, 6) is -0.773. The van der Waals surface area contributed by atoms with Gasteiger partial charge in [-0.15, -0.1) is 11.3 Å². The molecule has 31 heavy (non-hydrogen) atoms. The molecule has 0 aliphatic rings. The van der Waals surface area contributed by atoms with Crippen molar-refractivity contribution in [2.75, 3.05) is 6.61 Å². The summed E-state index contributed by atoms with van der Waals surface area (Å²) in [4.78, 5) is 31.4. The number of benzene rings is 2. The molecule has 0 atom stereocenters. The number of ether oxygens (including phenoxy) is 1. The fourth-order valence-corrected chi connectivity index (χ4v) is 4.64. The van der Waals surface area contributed by atoms with Crippen molar-refractivity contribution in [2.45, 2.75) is 20.8 Å². The molecule has 0 spiro atoms. The number of hydrogen-bond acceptors (Lipinski definition) is 5. The summed E-state index contributed by atoms with van der Waals surface area (Å²) in [6.45, 7) is 5.58. The first-order chi connectivity index (χ1) is 14.8. The molecule has 0 aliphatic heterocycles. The minimum atomic E-state index is -0.542. The van der Waals surface area contributed by atoms with E-state index >= 15 is 0 Å². The Hall–Kier alpha value is -2.83. The lowest BCUT2D eigenvalue weighted by Gasteiger charge is -2.12. The number of carbonyl (C=O) groups is 2. The molecule has 0 saturated heterocycles. The van der Waals surface area contributed by atoms with Crippen LogP contribution in [0.1, 0.15) is 37.4 Å². The second kappa shape index (κ2) is 8.73. The minimum Gasteiger partial charge on any atom is -0.454 e. The normalized spacial score (nSPS) is 11.0. The van der Waals surface area contributed by atoms with Gasteiger partial charge in [-0.05, 0) is 73.2 Å². The quantitative estimate of drug-likeness (QED) is 0.229. The minimum absolute atomic E-state index is 0.231. The highest BCUT2D eigenvalue weighted by Crippen LogP contribution is 2.31. The fourth-order valence-electron chi connectivity index (χ4n) is 3.38. The Morgan fingerprint density at radius 3 is 2.52 bits per heavy atom. The Bertz CT molecular complexity index is 1310. The number of aryl methyl sites for hydroxylation is 3. The Balaban J connectivity index is 1.68. The third-order valence-corrected chi connectivity index (χ3v) is 6.58. The smallest absolute Gasteiger partial charge is 0.339 e. The molecule has 2 aromatic heterocycles. The van der Waals surface area contributed by atoms with Crippen molar-refractivity contribution < 1.29 is 14.3 Å². The number of aromatic nitrogens is 1. The highest BCUT2D eigenvalue weighted by atomic mass is 79.9. The second-order valence-corrected chi connectivity index (χ2v) is 9.31. The number of pyridine rings is 1. The van der Waals surface area contributed by atoms with Gasteiger partial charge < -0.3 is 4.74 Å². The number of Topliss-reactive ketones (excluding diaryl/α,β-unsaturated/α-hetero) is 1. The number of halogens is 1. The largest absolute Gasteiger partial charge is 0.454 e. The molecule has 4 rings (SSSR count).